The van der Waals surface area contributed by atoms with Gasteiger partial charge < -0.3 is 0 Å². The van der Waals surface area contributed by atoms with Gasteiger partial charge in [-0.25, -0.2) is 0 Å². The van der Waals surface area contributed by atoms with Gasteiger partial charge in [0.25, 0.3) is 0 Å². The lowest BCUT2D eigenvalue weighted by Crippen LogP contribution is -2.78. The standard InChI is InChI=1S/C58H44S2Si/c1-58(2,3)48-34-35-55-57(60-51-30-15-18-33-54(51)61(55)52-31-16-13-28-49(52)59-50-29-14-17-32-53(50)61)56(48)43-27-19-26-42(36-43)47-38-45(40-22-9-5-10-23-40)44(39-20-7-4-8-21-39)37-46(47)41-24-11-6-12-25-41/h4-38H,1-3H3. The van der Waals surface area contributed by atoms with Crippen molar-refractivity contribution >= 4 is 52.3 Å². The molecule has 0 saturated carbocycles. The molecule has 0 unspecified atom stereocenters. The molecule has 0 radical (unpaired) electrons. The molecule has 292 valence electrons. The lowest BCUT2D eigenvalue weighted by Gasteiger charge is -2.44. The molecule has 2 aliphatic heterocycles. The van der Waals surface area contributed by atoms with Gasteiger partial charge in [-0.2, -0.15) is 0 Å². The van der Waals surface area contributed by atoms with E-state index in [1.807, 2.05) is 23.5 Å². The summed E-state index contributed by atoms with van der Waals surface area (Å²) in [4.78, 5) is 5.53. The van der Waals surface area contributed by atoms with Crippen molar-refractivity contribution in [1.29, 1.82) is 0 Å². The molecule has 2 aliphatic rings. The SMILES string of the molecule is CC(C)(C)c1ccc2c(c1-c1cccc(-c3cc(-c4ccccc4)c(-c4ccccc4)cc3-c3ccccc3)c1)Sc1ccccc1[Si]21c2ccccc2Sc2ccccc21. The molecule has 9 aromatic rings. The maximum atomic E-state index is 2.53. The molecule has 61 heavy (non-hydrogen) atoms. The minimum absolute atomic E-state index is 0.0994. The van der Waals surface area contributed by atoms with Gasteiger partial charge >= 0.3 is 0 Å². The van der Waals surface area contributed by atoms with Crippen LogP contribution < -0.4 is 20.7 Å². The summed E-state index contributed by atoms with van der Waals surface area (Å²) < 4.78 is 0. The summed E-state index contributed by atoms with van der Waals surface area (Å²) in [5.41, 5.74) is 13.6. The molecule has 0 N–H and O–H groups in total. The van der Waals surface area contributed by atoms with Crippen LogP contribution in [0.15, 0.2) is 232 Å². The van der Waals surface area contributed by atoms with Crippen molar-refractivity contribution in [3.05, 3.63) is 218 Å². The predicted molar refractivity (Wildman–Crippen MR) is 264 cm³/mol. The van der Waals surface area contributed by atoms with Gasteiger partial charge in [0.05, 0.1) is 0 Å². The van der Waals surface area contributed by atoms with Crippen LogP contribution in [-0.2, 0) is 5.41 Å². The molecule has 9 aromatic carbocycles. The van der Waals surface area contributed by atoms with Gasteiger partial charge in [-0.15, -0.1) is 0 Å². The average molecular weight is 833 g/mol. The van der Waals surface area contributed by atoms with Crippen molar-refractivity contribution in [2.45, 2.75) is 45.8 Å². The third kappa shape index (κ3) is 6.29. The molecule has 0 bridgehead atoms. The van der Waals surface area contributed by atoms with Gasteiger partial charge in [-0.05, 0) is 124 Å². The van der Waals surface area contributed by atoms with Crippen LogP contribution in [-0.4, -0.2) is 8.07 Å². The molecule has 1 spiro atoms. The number of fused-ring (bicyclic) bond motifs is 8. The van der Waals surface area contributed by atoms with Gasteiger partial charge in [0.1, 0.15) is 0 Å². The number of hydrogen-bond donors (Lipinski definition) is 0. The average Bonchev–Trinajstić information content (AvgIpc) is 3.31. The van der Waals surface area contributed by atoms with E-state index in [2.05, 4.69) is 233 Å². The topological polar surface area (TPSA) is 0 Å². The summed E-state index contributed by atoms with van der Waals surface area (Å²) in [5, 5.41) is 5.98. The van der Waals surface area contributed by atoms with Crippen molar-refractivity contribution < 1.29 is 0 Å². The van der Waals surface area contributed by atoms with Gasteiger partial charge in [0, 0.05) is 19.6 Å². The Morgan fingerprint density at radius 1 is 0.328 bits per heavy atom. The highest BCUT2D eigenvalue weighted by Crippen LogP contribution is 2.48. The fourth-order valence-electron chi connectivity index (χ4n) is 9.84. The quantitative estimate of drug-likeness (QED) is 0.158. The minimum atomic E-state index is -2.75. The second-order valence-corrected chi connectivity index (χ2v) is 23.0. The van der Waals surface area contributed by atoms with E-state index < -0.39 is 8.07 Å². The number of benzene rings is 9. The Labute approximate surface area is 369 Å². The van der Waals surface area contributed by atoms with Crippen molar-refractivity contribution in [1.82, 2.24) is 0 Å². The molecule has 0 atom stereocenters. The highest BCUT2D eigenvalue weighted by molar-refractivity contribution is 8.01. The van der Waals surface area contributed by atoms with Crippen LogP contribution in [0.4, 0.5) is 0 Å². The van der Waals surface area contributed by atoms with Crippen LogP contribution in [0.2, 0.25) is 0 Å². The van der Waals surface area contributed by atoms with E-state index in [0.29, 0.717) is 0 Å². The molecule has 0 amide bonds. The van der Waals surface area contributed by atoms with Crippen LogP contribution >= 0.6 is 23.5 Å². The first-order valence-electron chi connectivity index (χ1n) is 21.2. The lowest BCUT2D eigenvalue weighted by molar-refractivity contribution is 0.591. The summed E-state index contributed by atoms with van der Waals surface area (Å²) >= 11 is 3.91. The molecular weight excluding hydrogens is 789 g/mol. The van der Waals surface area contributed by atoms with Crippen LogP contribution in [0, 0.1) is 0 Å². The third-order valence-corrected chi connectivity index (χ3v) is 20.6. The molecule has 0 fully saturated rings. The van der Waals surface area contributed by atoms with Crippen molar-refractivity contribution in [3.8, 4) is 55.6 Å². The lowest BCUT2D eigenvalue weighted by atomic mass is 9.81. The summed E-state index contributed by atoms with van der Waals surface area (Å²) in [5.74, 6) is 0. The smallest absolute Gasteiger partial charge is 0.0903 e. The molecule has 0 aliphatic carbocycles. The van der Waals surface area contributed by atoms with E-state index in [1.54, 1.807) is 0 Å². The second-order valence-electron chi connectivity index (χ2n) is 17.2. The Bertz CT molecular complexity index is 3050. The first-order chi connectivity index (χ1) is 29.9. The van der Waals surface area contributed by atoms with Gasteiger partial charge in [0.15, 0.2) is 8.07 Å². The minimum Gasteiger partial charge on any atom is -0.0903 e. The second kappa shape index (κ2) is 15.1. The molecule has 11 rings (SSSR count). The summed E-state index contributed by atoms with van der Waals surface area (Å²) in [7, 11) is -2.75. The summed E-state index contributed by atoms with van der Waals surface area (Å²) in [6, 6.07) is 79.8. The Hall–Kier alpha value is -6.10. The molecule has 0 nitrogen and oxygen atoms in total. The Balaban J connectivity index is 1.20. The zero-order chi connectivity index (χ0) is 41.1. The first kappa shape index (κ1) is 37.9. The zero-order valence-corrected chi connectivity index (χ0v) is 37.2. The fourth-order valence-corrected chi connectivity index (χ4v) is 19.2. The van der Waals surface area contributed by atoms with Crippen molar-refractivity contribution in [3.63, 3.8) is 0 Å². The first-order valence-corrected chi connectivity index (χ1v) is 24.8. The van der Waals surface area contributed by atoms with E-state index in [9.17, 15) is 0 Å². The number of rotatable bonds is 5. The highest BCUT2D eigenvalue weighted by Gasteiger charge is 2.51. The Morgan fingerprint density at radius 2 is 0.721 bits per heavy atom. The molecule has 0 aromatic heterocycles. The van der Waals surface area contributed by atoms with E-state index in [1.165, 1.54) is 102 Å². The monoisotopic (exact) mass is 832 g/mol. The van der Waals surface area contributed by atoms with E-state index in [-0.39, 0.29) is 5.41 Å². The Morgan fingerprint density at radius 3 is 1.20 bits per heavy atom. The summed E-state index contributed by atoms with van der Waals surface area (Å²) in [6.07, 6.45) is 0. The van der Waals surface area contributed by atoms with Crippen LogP contribution in [0.5, 0.6) is 0 Å². The predicted octanol–water partition coefficient (Wildman–Crippen LogP) is 13.6. The maximum Gasteiger partial charge on any atom is 0.184 e. The fraction of sp³-hybridized carbons (Fsp3) is 0.0690. The van der Waals surface area contributed by atoms with Crippen LogP contribution in [0.25, 0.3) is 55.6 Å². The van der Waals surface area contributed by atoms with Crippen LogP contribution in [0.3, 0.4) is 0 Å². The van der Waals surface area contributed by atoms with Gasteiger partial charge in [0.2, 0.25) is 0 Å². The van der Waals surface area contributed by atoms with E-state index in [4.69, 9.17) is 0 Å². The van der Waals surface area contributed by atoms with Crippen LogP contribution in [0.1, 0.15) is 26.3 Å². The molecular formula is C58H44S2Si. The normalized spacial score (nSPS) is 13.5. The zero-order valence-electron chi connectivity index (χ0n) is 34.5. The van der Waals surface area contributed by atoms with Gasteiger partial charge in [-0.3, -0.25) is 0 Å². The van der Waals surface area contributed by atoms with Crippen molar-refractivity contribution in [2.75, 3.05) is 0 Å². The molecule has 0 saturated heterocycles. The summed E-state index contributed by atoms with van der Waals surface area (Å²) in [6.45, 7) is 7.13. The van der Waals surface area contributed by atoms with Crippen molar-refractivity contribution in [2.24, 2.45) is 0 Å². The maximum absolute atomic E-state index is 2.75. The molecule has 3 heteroatoms. The number of hydrogen-bond acceptors (Lipinski definition) is 2. The largest absolute Gasteiger partial charge is 0.184 e. The highest BCUT2D eigenvalue weighted by atomic mass is 32.2. The Kier molecular flexibility index (Phi) is 9.38. The van der Waals surface area contributed by atoms with Gasteiger partial charge in [-0.1, -0.05) is 220 Å². The van der Waals surface area contributed by atoms with E-state index >= 15 is 0 Å². The molecule has 2 heterocycles. The van der Waals surface area contributed by atoms with E-state index in [0.717, 1.165) is 0 Å². The third-order valence-electron chi connectivity index (χ3n) is 12.5.